The highest BCUT2D eigenvalue weighted by Gasteiger charge is 2.58. The highest BCUT2D eigenvalue weighted by atomic mass is 35.5. The number of aromatic nitrogens is 1. The lowest BCUT2D eigenvalue weighted by Gasteiger charge is -2.41. The molecule has 2 aromatic carbocycles. The summed E-state index contributed by atoms with van der Waals surface area (Å²) in [5, 5.41) is 32.0. The summed E-state index contributed by atoms with van der Waals surface area (Å²) in [7, 11) is 1.85. The van der Waals surface area contributed by atoms with Crippen molar-refractivity contribution >= 4 is 23.8 Å². The van der Waals surface area contributed by atoms with Gasteiger partial charge in [0.05, 0.1) is 48.5 Å². The Hall–Kier alpha value is -3.88. The monoisotopic (exact) mass is 631 g/mol. The lowest BCUT2D eigenvalue weighted by molar-refractivity contribution is -0.130. The molecule has 11 heteroatoms. The minimum atomic E-state index is -1.75. The lowest BCUT2D eigenvalue weighted by atomic mass is 9.73. The Bertz CT molecular complexity index is 1710. The summed E-state index contributed by atoms with van der Waals surface area (Å²) in [6, 6.07) is 14.8. The summed E-state index contributed by atoms with van der Waals surface area (Å²) in [6.45, 7) is 3.90. The van der Waals surface area contributed by atoms with Crippen LogP contribution in [0.1, 0.15) is 71.4 Å². The summed E-state index contributed by atoms with van der Waals surface area (Å²) in [6.07, 6.45) is 4.75. The van der Waals surface area contributed by atoms with Crippen LogP contribution in [0.25, 0.3) is 0 Å². The molecule has 45 heavy (non-hydrogen) atoms. The van der Waals surface area contributed by atoms with E-state index < -0.39 is 34.0 Å². The SMILES string of the molecule is CCC(O)(c1cc(F)c2c(c1)C(=O)N(Cc1ccc(C#N)cn1)[C@@]2(OCC1(CO)CC1)c1ccc(Cl)cc1)C1(C)CN(C)C=N1. The van der Waals surface area contributed by atoms with Gasteiger partial charge in [-0.2, -0.15) is 5.26 Å². The van der Waals surface area contributed by atoms with Gasteiger partial charge in [-0.25, -0.2) is 4.39 Å². The maximum atomic E-state index is 16.9. The molecule has 2 unspecified atom stereocenters. The van der Waals surface area contributed by atoms with Crippen LogP contribution in [0.3, 0.4) is 0 Å². The quantitative estimate of drug-likeness (QED) is 0.332. The van der Waals surface area contributed by atoms with E-state index in [0.29, 0.717) is 28.4 Å². The van der Waals surface area contributed by atoms with Crippen molar-refractivity contribution in [3.63, 3.8) is 0 Å². The standard InChI is InChI=1S/C34H35ClFN5O4/c1-4-33(44,31(2)18-40(3)21-39-31)24-13-27-29(28(36)14-24)34(23-6-8-25(35)9-7-23,45-20-32(19-42)11-12-32)41(30(27)43)17-26-10-5-22(15-37)16-38-26/h5-10,13-14,16,21,42,44H,4,11-12,17-20H2,1-3H3/t31?,33?,34-/m1/s1. The number of halogens is 2. The van der Waals surface area contributed by atoms with Gasteiger partial charge in [0.2, 0.25) is 0 Å². The number of hydrogen-bond acceptors (Lipinski definition) is 8. The van der Waals surface area contributed by atoms with Gasteiger partial charge in [-0.1, -0.05) is 30.7 Å². The minimum absolute atomic E-state index is 0.0107. The van der Waals surface area contributed by atoms with Crippen LogP contribution < -0.4 is 0 Å². The van der Waals surface area contributed by atoms with Gasteiger partial charge in [-0.3, -0.25) is 19.7 Å². The number of amides is 1. The molecule has 0 spiro atoms. The number of fused-ring (bicyclic) bond motifs is 1. The maximum absolute atomic E-state index is 16.9. The molecule has 3 heterocycles. The molecule has 9 nitrogen and oxygen atoms in total. The zero-order valence-corrected chi connectivity index (χ0v) is 26.2. The Morgan fingerprint density at radius 3 is 2.49 bits per heavy atom. The first-order valence-corrected chi connectivity index (χ1v) is 15.3. The maximum Gasteiger partial charge on any atom is 0.257 e. The number of ether oxygens (including phenoxy) is 1. The van der Waals surface area contributed by atoms with E-state index in [9.17, 15) is 20.3 Å². The number of benzene rings is 2. The van der Waals surface area contributed by atoms with E-state index in [1.54, 1.807) is 55.7 Å². The second-order valence-electron chi connectivity index (χ2n) is 12.7. The Morgan fingerprint density at radius 1 is 1.20 bits per heavy atom. The number of hydrogen-bond donors (Lipinski definition) is 2. The van der Waals surface area contributed by atoms with Crippen molar-refractivity contribution in [1.82, 2.24) is 14.8 Å². The topological polar surface area (TPSA) is 122 Å². The molecule has 1 amide bonds. The Labute approximate surface area is 266 Å². The number of aliphatic hydroxyl groups is 2. The zero-order valence-electron chi connectivity index (χ0n) is 25.4. The largest absolute Gasteiger partial charge is 0.396 e. The van der Waals surface area contributed by atoms with Gasteiger partial charge in [0.1, 0.15) is 23.0 Å². The second-order valence-corrected chi connectivity index (χ2v) is 13.1. The fourth-order valence-corrected chi connectivity index (χ4v) is 6.76. The van der Waals surface area contributed by atoms with Gasteiger partial charge in [0, 0.05) is 35.8 Å². The Kier molecular flexibility index (Phi) is 7.73. The van der Waals surface area contributed by atoms with E-state index in [0.717, 1.165) is 12.8 Å². The number of nitriles is 1. The Balaban J connectivity index is 1.56. The first-order valence-electron chi connectivity index (χ1n) is 14.9. The van der Waals surface area contributed by atoms with Crippen molar-refractivity contribution in [2.45, 2.75) is 56.5 Å². The van der Waals surface area contributed by atoms with E-state index in [1.165, 1.54) is 17.2 Å². The predicted octanol–water partition coefficient (Wildman–Crippen LogP) is 4.72. The normalized spacial score (nSPS) is 24.4. The number of pyridine rings is 1. The number of aliphatic imine (C=N–C) groups is 1. The summed E-state index contributed by atoms with van der Waals surface area (Å²) < 4.78 is 23.6. The molecule has 1 saturated carbocycles. The molecule has 3 aliphatic rings. The number of carbonyl (C=O) groups is 1. The van der Waals surface area contributed by atoms with Crippen molar-refractivity contribution < 1.29 is 24.1 Å². The molecular formula is C34H35ClFN5O4. The fraction of sp³-hybridized carbons (Fsp3) is 0.412. The van der Waals surface area contributed by atoms with Crippen LogP contribution in [0, 0.1) is 22.6 Å². The van der Waals surface area contributed by atoms with Crippen LogP contribution in [0.4, 0.5) is 4.39 Å². The van der Waals surface area contributed by atoms with E-state index in [2.05, 4.69) is 9.98 Å². The molecule has 2 N–H and O–H groups in total. The van der Waals surface area contributed by atoms with Gasteiger partial charge >= 0.3 is 0 Å². The van der Waals surface area contributed by atoms with Crippen LogP contribution in [-0.2, 0) is 22.6 Å². The Morgan fingerprint density at radius 2 is 1.93 bits per heavy atom. The van der Waals surface area contributed by atoms with Crippen molar-refractivity contribution in [1.29, 1.82) is 5.26 Å². The molecule has 3 aromatic rings. The third-order valence-corrected chi connectivity index (χ3v) is 9.90. The predicted molar refractivity (Wildman–Crippen MR) is 166 cm³/mol. The van der Waals surface area contributed by atoms with Gasteiger partial charge in [-0.15, -0.1) is 0 Å². The molecule has 2 aliphatic heterocycles. The molecule has 0 bridgehead atoms. The van der Waals surface area contributed by atoms with Gasteiger partial charge < -0.3 is 19.8 Å². The van der Waals surface area contributed by atoms with E-state index in [-0.39, 0.29) is 42.9 Å². The molecule has 0 radical (unpaired) electrons. The van der Waals surface area contributed by atoms with Gasteiger partial charge in [0.15, 0.2) is 5.72 Å². The molecule has 234 valence electrons. The van der Waals surface area contributed by atoms with Crippen LogP contribution >= 0.6 is 11.6 Å². The second kappa shape index (κ2) is 11.2. The number of rotatable bonds is 10. The first kappa shape index (κ1) is 31.1. The zero-order chi connectivity index (χ0) is 32.2. The van der Waals surface area contributed by atoms with Crippen molar-refractivity contribution in [2.24, 2.45) is 10.4 Å². The van der Waals surface area contributed by atoms with Crippen molar-refractivity contribution in [2.75, 3.05) is 26.8 Å². The molecule has 1 aliphatic carbocycles. The van der Waals surface area contributed by atoms with Crippen molar-refractivity contribution in [3.05, 3.63) is 99.1 Å². The van der Waals surface area contributed by atoms with Crippen molar-refractivity contribution in [3.8, 4) is 6.07 Å². The van der Waals surface area contributed by atoms with Crippen LogP contribution in [0.5, 0.6) is 0 Å². The number of aliphatic hydroxyl groups excluding tert-OH is 1. The summed E-state index contributed by atoms with van der Waals surface area (Å²) in [5.41, 5.74) is -3.25. The molecule has 1 fully saturated rings. The molecular weight excluding hydrogens is 597 g/mol. The fourth-order valence-electron chi connectivity index (χ4n) is 6.63. The summed E-state index contributed by atoms with van der Waals surface area (Å²) in [5.74, 6) is -1.24. The van der Waals surface area contributed by atoms with Crippen LogP contribution in [-0.4, -0.2) is 69.6 Å². The van der Waals surface area contributed by atoms with E-state index >= 15 is 4.39 Å². The lowest BCUT2D eigenvalue weighted by Crippen LogP contribution is -2.51. The highest BCUT2D eigenvalue weighted by Crippen LogP contribution is 2.53. The molecule has 1 aromatic heterocycles. The van der Waals surface area contributed by atoms with Crippen LogP contribution in [0.15, 0.2) is 59.7 Å². The highest BCUT2D eigenvalue weighted by molar-refractivity contribution is 6.30. The smallest absolute Gasteiger partial charge is 0.257 e. The van der Waals surface area contributed by atoms with Crippen LogP contribution in [0.2, 0.25) is 5.02 Å². The third kappa shape index (κ3) is 4.99. The first-order chi connectivity index (χ1) is 21.4. The number of likely N-dealkylation sites (N-methyl/N-ethyl adjacent to an activating group) is 1. The summed E-state index contributed by atoms with van der Waals surface area (Å²) in [4.78, 5) is 26.8. The van der Waals surface area contributed by atoms with E-state index in [4.69, 9.17) is 16.3 Å². The third-order valence-electron chi connectivity index (χ3n) is 9.65. The van der Waals surface area contributed by atoms with E-state index in [1.807, 2.05) is 24.9 Å². The van der Waals surface area contributed by atoms with Gasteiger partial charge in [-0.05, 0) is 68.1 Å². The molecule has 3 atom stereocenters. The minimum Gasteiger partial charge on any atom is -0.396 e. The average Bonchev–Trinajstić information content (AvgIpc) is 3.68. The number of carbonyl (C=O) groups excluding carboxylic acids is 1. The number of nitrogens with zero attached hydrogens (tertiary/aromatic N) is 5. The average molecular weight is 632 g/mol. The molecule has 0 saturated heterocycles. The summed E-state index contributed by atoms with van der Waals surface area (Å²) >= 11 is 6.27. The molecule has 6 rings (SSSR count). The van der Waals surface area contributed by atoms with Gasteiger partial charge in [0.25, 0.3) is 5.91 Å².